The van der Waals surface area contributed by atoms with Crippen molar-refractivity contribution in [2.75, 3.05) is 18.4 Å². The molecule has 7 nitrogen and oxygen atoms in total. The highest BCUT2D eigenvalue weighted by Crippen LogP contribution is 2.30. The van der Waals surface area contributed by atoms with Crippen LogP contribution in [0.1, 0.15) is 38.5 Å². The fraction of sp³-hybridized carbons (Fsp3) is 0.550. The SMILES string of the molecule is O=C(Nc1ccc(F)cc1)NC1CCN(C(=O)C2CCC(C(=O)O)CC2)CC1. The molecule has 1 saturated heterocycles. The van der Waals surface area contributed by atoms with E-state index in [-0.39, 0.29) is 35.6 Å². The number of halogens is 1. The van der Waals surface area contributed by atoms with E-state index in [1.807, 2.05) is 4.90 Å². The van der Waals surface area contributed by atoms with E-state index in [0.717, 1.165) is 0 Å². The van der Waals surface area contributed by atoms with Crippen LogP contribution in [-0.2, 0) is 9.59 Å². The molecule has 0 atom stereocenters. The van der Waals surface area contributed by atoms with Crippen molar-refractivity contribution < 1.29 is 23.9 Å². The summed E-state index contributed by atoms with van der Waals surface area (Å²) in [7, 11) is 0. The van der Waals surface area contributed by atoms with Gasteiger partial charge in [0, 0.05) is 30.7 Å². The number of anilines is 1. The van der Waals surface area contributed by atoms with Gasteiger partial charge in [0.1, 0.15) is 5.82 Å². The lowest BCUT2D eigenvalue weighted by Crippen LogP contribution is -2.49. The molecule has 1 aromatic carbocycles. The molecule has 1 aliphatic heterocycles. The zero-order valence-electron chi connectivity index (χ0n) is 15.7. The number of hydrogen-bond donors (Lipinski definition) is 3. The molecule has 8 heteroatoms. The lowest BCUT2D eigenvalue weighted by Gasteiger charge is -2.36. The lowest BCUT2D eigenvalue weighted by atomic mass is 9.81. The third-order valence-corrected chi connectivity index (χ3v) is 5.67. The minimum atomic E-state index is -0.767. The Hall–Kier alpha value is -2.64. The molecule has 1 aliphatic carbocycles. The van der Waals surface area contributed by atoms with Gasteiger partial charge >= 0.3 is 12.0 Å². The van der Waals surface area contributed by atoms with E-state index >= 15 is 0 Å². The predicted molar refractivity (Wildman–Crippen MR) is 101 cm³/mol. The summed E-state index contributed by atoms with van der Waals surface area (Å²) in [5, 5.41) is 14.6. The van der Waals surface area contributed by atoms with E-state index in [1.54, 1.807) is 0 Å². The lowest BCUT2D eigenvalue weighted by molar-refractivity contribution is -0.146. The van der Waals surface area contributed by atoms with Gasteiger partial charge in [-0.2, -0.15) is 0 Å². The third-order valence-electron chi connectivity index (χ3n) is 5.67. The minimum Gasteiger partial charge on any atom is -0.481 e. The summed E-state index contributed by atoms with van der Waals surface area (Å²) in [6, 6.07) is 5.19. The molecule has 3 N–H and O–H groups in total. The standard InChI is InChI=1S/C20H26FN3O4/c21-15-5-7-16(8-6-15)22-20(28)23-17-9-11-24(12-10-17)18(25)13-1-3-14(4-2-13)19(26)27/h5-8,13-14,17H,1-4,9-12H2,(H,26,27)(H2,22,23,28). The first-order valence-electron chi connectivity index (χ1n) is 9.77. The van der Waals surface area contributed by atoms with Gasteiger partial charge in [-0.15, -0.1) is 0 Å². The first-order valence-corrected chi connectivity index (χ1v) is 9.77. The number of carboxylic acid groups (broad SMARTS) is 1. The number of hydrogen-bond acceptors (Lipinski definition) is 3. The van der Waals surface area contributed by atoms with Crippen LogP contribution in [-0.4, -0.2) is 47.0 Å². The molecule has 0 bridgehead atoms. The Morgan fingerprint density at radius 2 is 1.50 bits per heavy atom. The Kier molecular flexibility index (Phi) is 6.49. The third kappa shape index (κ3) is 5.21. The average molecular weight is 391 g/mol. The maximum Gasteiger partial charge on any atom is 0.319 e. The first-order chi connectivity index (χ1) is 13.4. The number of piperidine rings is 1. The Bertz CT molecular complexity index is 709. The van der Waals surface area contributed by atoms with Gasteiger partial charge in [-0.25, -0.2) is 9.18 Å². The maximum atomic E-state index is 12.9. The van der Waals surface area contributed by atoms with Crippen molar-refractivity contribution in [2.45, 2.75) is 44.6 Å². The molecule has 0 unspecified atom stereocenters. The molecule has 28 heavy (non-hydrogen) atoms. The summed E-state index contributed by atoms with van der Waals surface area (Å²) in [5.41, 5.74) is 0.517. The summed E-state index contributed by atoms with van der Waals surface area (Å²) in [4.78, 5) is 37.6. The van der Waals surface area contributed by atoms with Crippen LogP contribution in [0.25, 0.3) is 0 Å². The number of carbonyl (C=O) groups excluding carboxylic acids is 2. The first kappa shape index (κ1) is 20.1. The number of urea groups is 1. The van der Waals surface area contributed by atoms with Gasteiger partial charge in [0.05, 0.1) is 5.92 Å². The van der Waals surface area contributed by atoms with Crippen LogP contribution in [0.5, 0.6) is 0 Å². The van der Waals surface area contributed by atoms with E-state index in [4.69, 9.17) is 5.11 Å². The number of nitrogens with zero attached hydrogens (tertiary/aromatic N) is 1. The minimum absolute atomic E-state index is 0.0211. The highest BCUT2D eigenvalue weighted by molar-refractivity contribution is 5.89. The Morgan fingerprint density at radius 3 is 2.07 bits per heavy atom. The zero-order chi connectivity index (χ0) is 20.1. The fourth-order valence-electron chi connectivity index (χ4n) is 3.98. The number of amides is 3. The van der Waals surface area contributed by atoms with Crippen molar-refractivity contribution in [1.82, 2.24) is 10.2 Å². The van der Waals surface area contributed by atoms with Crippen LogP contribution in [0.2, 0.25) is 0 Å². The van der Waals surface area contributed by atoms with Crippen molar-refractivity contribution in [3.05, 3.63) is 30.1 Å². The molecule has 1 heterocycles. The molecule has 2 aliphatic rings. The summed E-state index contributed by atoms with van der Waals surface area (Å²) in [6.07, 6.45) is 3.74. The molecule has 152 valence electrons. The molecule has 0 spiro atoms. The van der Waals surface area contributed by atoms with Crippen molar-refractivity contribution in [3.8, 4) is 0 Å². The second-order valence-electron chi connectivity index (χ2n) is 7.59. The van der Waals surface area contributed by atoms with Crippen LogP contribution in [0.4, 0.5) is 14.9 Å². The summed E-state index contributed by atoms with van der Waals surface area (Å²) in [6.45, 7) is 1.17. The van der Waals surface area contributed by atoms with Gasteiger partial charge < -0.3 is 20.6 Å². The second-order valence-corrected chi connectivity index (χ2v) is 7.59. The van der Waals surface area contributed by atoms with Crippen molar-refractivity contribution >= 4 is 23.6 Å². The van der Waals surface area contributed by atoms with Crippen molar-refractivity contribution in [1.29, 1.82) is 0 Å². The van der Waals surface area contributed by atoms with E-state index in [0.29, 0.717) is 57.3 Å². The zero-order valence-corrected chi connectivity index (χ0v) is 15.7. The largest absolute Gasteiger partial charge is 0.481 e. The molecular formula is C20H26FN3O4. The number of carboxylic acids is 1. The van der Waals surface area contributed by atoms with E-state index in [2.05, 4.69) is 10.6 Å². The fourth-order valence-corrected chi connectivity index (χ4v) is 3.98. The molecule has 2 fully saturated rings. The molecule has 0 radical (unpaired) electrons. The Morgan fingerprint density at radius 1 is 0.929 bits per heavy atom. The van der Waals surface area contributed by atoms with E-state index < -0.39 is 5.97 Å². The number of carbonyl (C=O) groups is 3. The van der Waals surface area contributed by atoms with Crippen molar-refractivity contribution in [2.24, 2.45) is 11.8 Å². The maximum absolute atomic E-state index is 12.9. The second kappa shape index (κ2) is 9.03. The normalized spacial score (nSPS) is 23.1. The van der Waals surface area contributed by atoms with Gasteiger partial charge in [0.25, 0.3) is 0 Å². The highest BCUT2D eigenvalue weighted by atomic mass is 19.1. The summed E-state index contributed by atoms with van der Waals surface area (Å²) >= 11 is 0. The highest BCUT2D eigenvalue weighted by Gasteiger charge is 2.33. The van der Waals surface area contributed by atoms with Crippen LogP contribution in [0, 0.1) is 17.7 Å². The number of aliphatic carboxylic acids is 1. The van der Waals surface area contributed by atoms with Crippen LogP contribution in [0.15, 0.2) is 24.3 Å². The molecule has 3 rings (SSSR count). The topological polar surface area (TPSA) is 98.7 Å². The number of nitrogens with one attached hydrogen (secondary N) is 2. The molecule has 1 saturated carbocycles. The Balaban J connectivity index is 1.40. The monoisotopic (exact) mass is 391 g/mol. The van der Waals surface area contributed by atoms with Gasteiger partial charge in [0.2, 0.25) is 5.91 Å². The molecule has 0 aromatic heterocycles. The molecular weight excluding hydrogens is 365 g/mol. The number of likely N-dealkylation sites (tertiary alicyclic amines) is 1. The van der Waals surface area contributed by atoms with Gasteiger partial charge in [-0.05, 0) is 62.8 Å². The van der Waals surface area contributed by atoms with Crippen LogP contribution >= 0.6 is 0 Å². The van der Waals surface area contributed by atoms with Crippen LogP contribution < -0.4 is 10.6 Å². The Labute approximate surface area is 163 Å². The van der Waals surface area contributed by atoms with E-state index in [9.17, 15) is 18.8 Å². The van der Waals surface area contributed by atoms with Gasteiger partial charge in [-0.1, -0.05) is 0 Å². The molecule has 1 aromatic rings. The average Bonchev–Trinajstić information content (AvgIpc) is 2.70. The molecule has 3 amide bonds. The van der Waals surface area contributed by atoms with E-state index in [1.165, 1.54) is 24.3 Å². The predicted octanol–water partition coefficient (Wildman–Crippen LogP) is 2.83. The smallest absolute Gasteiger partial charge is 0.319 e. The number of rotatable bonds is 4. The van der Waals surface area contributed by atoms with Gasteiger partial charge in [0.15, 0.2) is 0 Å². The quantitative estimate of drug-likeness (QED) is 0.735. The number of benzene rings is 1. The van der Waals surface area contributed by atoms with Crippen LogP contribution in [0.3, 0.4) is 0 Å². The summed E-state index contributed by atoms with van der Waals surface area (Å²) < 4.78 is 12.9. The summed E-state index contributed by atoms with van der Waals surface area (Å²) in [5.74, 6) is -1.42. The van der Waals surface area contributed by atoms with Gasteiger partial charge in [-0.3, -0.25) is 9.59 Å². The van der Waals surface area contributed by atoms with Crippen molar-refractivity contribution in [3.63, 3.8) is 0 Å².